The lowest BCUT2D eigenvalue weighted by molar-refractivity contribution is -0.141. The van der Waals surface area contributed by atoms with Crippen molar-refractivity contribution in [2.45, 2.75) is 19.9 Å². The zero-order chi connectivity index (χ0) is 19.7. The van der Waals surface area contributed by atoms with Gasteiger partial charge in [0.2, 0.25) is 5.89 Å². The summed E-state index contributed by atoms with van der Waals surface area (Å²) in [6.07, 6.45) is 0. The number of anilines is 1. The number of carboxylic acid groups (broad SMARTS) is 1. The molecule has 2 aromatic carbocycles. The molecule has 7 nitrogen and oxygen atoms in total. The first-order chi connectivity index (χ1) is 12.8. The van der Waals surface area contributed by atoms with Gasteiger partial charge in [0.05, 0.1) is 5.69 Å². The van der Waals surface area contributed by atoms with E-state index in [1.54, 1.807) is 12.1 Å². The summed E-state index contributed by atoms with van der Waals surface area (Å²) in [5.41, 5.74) is 2.66. The number of nitrogens with one attached hydrogen (secondary N) is 1. The fourth-order valence-corrected chi connectivity index (χ4v) is 2.46. The number of amides is 2. The molecule has 0 spiro atoms. The van der Waals surface area contributed by atoms with E-state index in [0.717, 1.165) is 10.5 Å². The van der Waals surface area contributed by atoms with Crippen LogP contribution in [0.25, 0.3) is 22.6 Å². The Kier molecular flexibility index (Phi) is 4.81. The molecule has 0 saturated heterocycles. The molecule has 0 radical (unpaired) electrons. The Bertz CT molecular complexity index is 1030. The predicted molar refractivity (Wildman–Crippen MR) is 98.0 cm³/mol. The van der Waals surface area contributed by atoms with Crippen LogP contribution in [0.15, 0.2) is 40.8 Å². The second kappa shape index (κ2) is 7.06. The average Bonchev–Trinajstić information content (AvgIpc) is 3.04. The Hall–Kier alpha value is -3.42. The number of rotatable bonds is 4. The summed E-state index contributed by atoms with van der Waals surface area (Å²) in [5.74, 6) is -1.57. The molecule has 1 atom stereocenters. The molecular weight excluding hydrogens is 353 g/mol. The highest BCUT2D eigenvalue weighted by Crippen LogP contribution is 2.27. The lowest BCUT2D eigenvalue weighted by Gasteiger charge is -2.22. The van der Waals surface area contributed by atoms with Crippen LogP contribution < -0.4 is 5.32 Å². The second-order valence-corrected chi connectivity index (χ2v) is 6.24. The number of hydrogen-bond acceptors (Lipinski definition) is 4. The van der Waals surface area contributed by atoms with Gasteiger partial charge in [-0.05, 0) is 49.7 Å². The summed E-state index contributed by atoms with van der Waals surface area (Å²) in [5, 5.41) is 11.3. The summed E-state index contributed by atoms with van der Waals surface area (Å²) in [6.45, 7) is 3.30. The molecular formula is C19H18FN3O4. The molecule has 140 valence electrons. The Labute approximate surface area is 154 Å². The number of halogens is 1. The SMILES string of the molecule is Cc1ccc2oc(-c3ccc(NC(=O)N(C)C(C)C(=O)O)c(F)c3)nc2c1. The number of aliphatic carboxylic acids is 1. The van der Waals surface area contributed by atoms with Crippen molar-refractivity contribution in [3.8, 4) is 11.5 Å². The molecule has 0 fully saturated rings. The third kappa shape index (κ3) is 3.74. The summed E-state index contributed by atoms with van der Waals surface area (Å²) in [7, 11) is 1.32. The smallest absolute Gasteiger partial charge is 0.326 e. The van der Waals surface area contributed by atoms with Gasteiger partial charge in [-0.15, -0.1) is 0 Å². The Morgan fingerprint density at radius 1 is 1.26 bits per heavy atom. The molecule has 8 heteroatoms. The third-order valence-corrected chi connectivity index (χ3v) is 4.26. The number of nitrogens with zero attached hydrogens (tertiary/aromatic N) is 2. The standard InChI is InChI=1S/C19H18FN3O4/c1-10-4-7-16-15(8-10)21-17(27-16)12-5-6-14(13(20)9-12)22-19(26)23(3)11(2)18(24)25/h4-9,11H,1-3H3,(H,22,26)(H,24,25). The summed E-state index contributed by atoms with van der Waals surface area (Å²) >= 11 is 0. The third-order valence-electron chi connectivity index (χ3n) is 4.26. The van der Waals surface area contributed by atoms with Gasteiger partial charge in [0.1, 0.15) is 17.4 Å². The van der Waals surface area contributed by atoms with Crippen LogP contribution in [-0.4, -0.2) is 40.1 Å². The second-order valence-electron chi connectivity index (χ2n) is 6.24. The molecule has 1 heterocycles. The maximum Gasteiger partial charge on any atom is 0.326 e. The van der Waals surface area contributed by atoms with Crippen molar-refractivity contribution in [1.82, 2.24) is 9.88 Å². The first kappa shape index (κ1) is 18.4. The quantitative estimate of drug-likeness (QED) is 0.726. The molecule has 2 N–H and O–H groups in total. The van der Waals surface area contributed by atoms with Crippen LogP contribution in [0.5, 0.6) is 0 Å². The van der Waals surface area contributed by atoms with Gasteiger partial charge in [-0.3, -0.25) is 0 Å². The molecule has 0 aliphatic carbocycles. The molecule has 3 rings (SSSR count). The molecule has 3 aromatic rings. The minimum absolute atomic E-state index is 0.0693. The van der Waals surface area contributed by atoms with Gasteiger partial charge < -0.3 is 19.7 Å². The van der Waals surface area contributed by atoms with E-state index < -0.39 is 23.9 Å². The zero-order valence-corrected chi connectivity index (χ0v) is 15.0. The first-order valence-corrected chi connectivity index (χ1v) is 8.20. The van der Waals surface area contributed by atoms with Gasteiger partial charge in [0.15, 0.2) is 5.58 Å². The minimum Gasteiger partial charge on any atom is -0.480 e. The summed E-state index contributed by atoms with van der Waals surface area (Å²) < 4.78 is 20.1. The van der Waals surface area contributed by atoms with Gasteiger partial charge in [-0.2, -0.15) is 0 Å². The van der Waals surface area contributed by atoms with Gasteiger partial charge in [-0.1, -0.05) is 6.07 Å². The molecule has 2 amide bonds. The fraction of sp³-hybridized carbons (Fsp3) is 0.211. The van der Waals surface area contributed by atoms with Crippen LogP contribution in [0.2, 0.25) is 0 Å². The number of oxazole rings is 1. The van der Waals surface area contributed by atoms with Crippen LogP contribution in [0.3, 0.4) is 0 Å². The van der Waals surface area contributed by atoms with E-state index >= 15 is 0 Å². The molecule has 1 unspecified atom stereocenters. The Balaban J connectivity index is 1.82. The van der Waals surface area contributed by atoms with Gasteiger partial charge in [0, 0.05) is 12.6 Å². The lowest BCUT2D eigenvalue weighted by atomic mass is 10.2. The van der Waals surface area contributed by atoms with Crippen molar-refractivity contribution in [2.75, 3.05) is 12.4 Å². The number of carbonyl (C=O) groups excluding carboxylic acids is 1. The maximum absolute atomic E-state index is 14.4. The van der Waals surface area contributed by atoms with Crippen molar-refractivity contribution >= 4 is 28.8 Å². The predicted octanol–water partition coefficient (Wildman–Crippen LogP) is 3.88. The van der Waals surface area contributed by atoms with E-state index in [9.17, 15) is 14.0 Å². The van der Waals surface area contributed by atoms with E-state index in [4.69, 9.17) is 9.52 Å². The number of hydrogen-bond donors (Lipinski definition) is 2. The summed E-state index contributed by atoms with van der Waals surface area (Å²) in [4.78, 5) is 28.3. The molecule has 0 saturated carbocycles. The number of carbonyl (C=O) groups is 2. The normalized spacial score (nSPS) is 12.0. The number of aryl methyl sites for hydroxylation is 1. The van der Waals surface area contributed by atoms with Gasteiger partial charge >= 0.3 is 12.0 Å². The number of urea groups is 1. The van der Waals surface area contributed by atoms with Crippen molar-refractivity contribution in [2.24, 2.45) is 0 Å². The van der Waals surface area contributed by atoms with Crippen LogP contribution in [-0.2, 0) is 4.79 Å². The van der Waals surface area contributed by atoms with E-state index in [0.29, 0.717) is 16.7 Å². The van der Waals surface area contributed by atoms with Crippen LogP contribution in [0, 0.1) is 12.7 Å². The van der Waals surface area contributed by atoms with Crippen molar-refractivity contribution in [1.29, 1.82) is 0 Å². The van der Waals surface area contributed by atoms with Crippen molar-refractivity contribution in [3.05, 3.63) is 47.8 Å². The van der Waals surface area contributed by atoms with Crippen LogP contribution >= 0.6 is 0 Å². The van der Waals surface area contributed by atoms with E-state index in [2.05, 4.69) is 10.3 Å². The van der Waals surface area contributed by atoms with Crippen LogP contribution in [0.1, 0.15) is 12.5 Å². The van der Waals surface area contributed by atoms with E-state index in [1.807, 2.05) is 19.1 Å². The maximum atomic E-state index is 14.4. The number of likely N-dealkylation sites (N-methyl/N-ethyl adjacent to an activating group) is 1. The number of fused-ring (bicyclic) bond motifs is 1. The van der Waals surface area contributed by atoms with E-state index in [-0.39, 0.29) is 11.6 Å². The topological polar surface area (TPSA) is 95.7 Å². The average molecular weight is 371 g/mol. The number of carboxylic acids is 1. The molecule has 27 heavy (non-hydrogen) atoms. The highest BCUT2D eigenvalue weighted by atomic mass is 19.1. The van der Waals surface area contributed by atoms with E-state index in [1.165, 1.54) is 26.1 Å². The minimum atomic E-state index is -1.16. The summed E-state index contributed by atoms with van der Waals surface area (Å²) in [6, 6.07) is 7.93. The number of aromatic nitrogens is 1. The highest BCUT2D eigenvalue weighted by Gasteiger charge is 2.22. The van der Waals surface area contributed by atoms with Crippen LogP contribution in [0.4, 0.5) is 14.9 Å². The zero-order valence-electron chi connectivity index (χ0n) is 15.0. The Morgan fingerprint density at radius 3 is 2.67 bits per heavy atom. The van der Waals surface area contributed by atoms with Gasteiger partial charge in [0.25, 0.3) is 0 Å². The largest absolute Gasteiger partial charge is 0.480 e. The number of benzene rings is 2. The monoisotopic (exact) mass is 371 g/mol. The Morgan fingerprint density at radius 2 is 2.00 bits per heavy atom. The molecule has 0 aliphatic heterocycles. The molecule has 0 bridgehead atoms. The lowest BCUT2D eigenvalue weighted by Crippen LogP contribution is -2.42. The molecule has 0 aliphatic rings. The van der Waals surface area contributed by atoms with Crippen molar-refractivity contribution in [3.63, 3.8) is 0 Å². The van der Waals surface area contributed by atoms with Crippen molar-refractivity contribution < 1.29 is 23.5 Å². The highest BCUT2D eigenvalue weighted by molar-refractivity contribution is 5.92. The van der Waals surface area contributed by atoms with Gasteiger partial charge in [-0.25, -0.2) is 19.0 Å². The molecule has 1 aromatic heterocycles. The first-order valence-electron chi connectivity index (χ1n) is 8.20. The fourth-order valence-electron chi connectivity index (χ4n) is 2.46.